The summed E-state index contributed by atoms with van der Waals surface area (Å²) >= 11 is 0. The molecule has 1 nitrogen and oxygen atoms in total. The summed E-state index contributed by atoms with van der Waals surface area (Å²) in [5.41, 5.74) is 0. The van der Waals surface area contributed by atoms with Crippen LogP contribution in [0, 0.1) is 0 Å². The van der Waals surface area contributed by atoms with Crippen LogP contribution in [-0.2, 0) is 4.74 Å². The molecule has 0 spiro atoms. The van der Waals surface area contributed by atoms with Gasteiger partial charge in [0.05, 0.1) is 12.7 Å². The molecule has 0 saturated carbocycles. The van der Waals surface area contributed by atoms with Crippen molar-refractivity contribution in [2.24, 2.45) is 0 Å². The van der Waals surface area contributed by atoms with E-state index in [9.17, 15) is 0 Å². The molecule has 1 unspecified atom stereocenters. The van der Waals surface area contributed by atoms with Crippen molar-refractivity contribution in [3.63, 3.8) is 0 Å². The minimum Gasteiger partial charge on any atom is -0.370 e. The van der Waals surface area contributed by atoms with E-state index in [0.717, 1.165) is 12.8 Å². The summed E-state index contributed by atoms with van der Waals surface area (Å²) in [5.74, 6) is 0. The van der Waals surface area contributed by atoms with Crippen LogP contribution >= 0.6 is 0 Å². The van der Waals surface area contributed by atoms with Crippen molar-refractivity contribution in [1.29, 1.82) is 0 Å². The Balaban J connectivity index is 3.21. The molecule has 13 heavy (non-hydrogen) atoms. The van der Waals surface area contributed by atoms with Crippen molar-refractivity contribution in [3.8, 4) is 0 Å². The second-order valence-electron chi connectivity index (χ2n) is 2.97. The first kappa shape index (κ1) is 12.2. The largest absolute Gasteiger partial charge is 0.370 e. The molecular weight excluding hydrogens is 160 g/mol. The summed E-state index contributed by atoms with van der Waals surface area (Å²) in [4.78, 5) is 0. The minimum absolute atomic E-state index is 0.151. The summed E-state index contributed by atoms with van der Waals surface area (Å²) in [7, 11) is 0. The van der Waals surface area contributed by atoms with E-state index in [0.29, 0.717) is 6.61 Å². The summed E-state index contributed by atoms with van der Waals surface area (Å²) in [5, 5.41) is 0. The topological polar surface area (TPSA) is 9.23 Å². The van der Waals surface area contributed by atoms with Crippen LogP contribution in [-0.4, -0.2) is 12.7 Å². The average molecular weight is 180 g/mol. The zero-order chi connectivity index (χ0) is 9.94. The van der Waals surface area contributed by atoms with Gasteiger partial charge in [0, 0.05) is 0 Å². The Kier molecular flexibility index (Phi) is 8.68. The molecule has 0 aliphatic heterocycles. The molecule has 0 heterocycles. The van der Waals surface area contributed by atoms with Crippen molar-refractivity contribution < 1.29 is 4.74 Å². The maximum Gasteiger partial charge on any atom is 0.0729 e. The quantitative estimate of drug-likeness (QED) is 0.410. The van der Waals surface area contributed by atoms with Gasteiger partial charge in [-0.25, -0.2) is 0 Å². The van der Waals surface area contributed by atoms with Gasteiger partial charge >= 0.3 is 0 Å². The lowest BCUT2D eigenvalue weighted by molar-refractivity contribution is 0.123. The second kappa shape index (κ2) is 9.27. The predicted octanol–water partition coefficient (Wildman–Crippen LogP) is 3.49. The maximum absolute atomic E-state index is 5.37. The predicted molar refractivity (Wildman–Crippen MR) is 58.8 cm³/mol. The van der Waals surface area contributed by atoms with Gasteiger partial charge in [0.2, 0.25) is 0 Å². The lowest BCUT2D eigenvalue weighted by atomic mass is 10.2. The summed E-state index contributed by atoms with van der Waals surface area (Å²) in [6.45, 7) is 9.98. The number of hydrogen-bond donors (Lipinski definition) is 0. The number of allylic oxidation sites excluding steroid dienone is 2. The Morgan fingerprint density at radius 1 is 1.23 bits per heavy atom. The second-order valence-corrected chi connectivity index (χ2v) is 2.97. The summed E-state index contributed by atoms with van der Waals surface area (Å²) in [6.07, 6.45) is 11.5. The molecule has 74 valence electrons. The Morgan fingerprint density at radius 3 is 2.62 bits per heavy atom. The van der Waals surface area contributed by atoms with E-state index in [4.69, 9.17) is 4.74 Å². The van der Waals surface area contributed by atoms with E-state index in [1.807, 2.05) is 13.0 Å². The fraction of sp³-hybridized carbons (Fsp3) is 0.500. The first-order chi connectivity index (χ1) is 6.31. The van der Waals surface area contributed by atoms with E-state index in [1.54, 1.807) is 6.08 Å². The van der Waals surface area contributed by atoms with Crippen molar-refractivity contribution in [2.75, 3.05) is 6.61 Å². The SMILES string of the molecule is C=CCCC/C=C/COC(C)C=C. The molecule has 0 N–H and O–H groups in total. The minimum atomic E-state index is 0.151. The Labute approximate surface area is 81.8 Å². The van der Waals surface area contributed by atoms with E-state index < -0.39 is 0 Å². The van der Waals surface area contributed by atoms with Crippen LogP contribution in [0.5, 0.6) is 0 Å². The molecule has 0 aliphatic rings. The van der Waals surface area contributed by atoms with Crippen LogP contribution in [0.3, 0.4) is 0 Å². The third-order valence-corrected chi connectivity index (χ3v) is 1.73. The highest BCUT2D eigenvalue weighted by Crippen LogP contribution is 1.97. The number of hydrogen-bond acceptors (Lipinski definition) is 1. The smallest absolute Gasteiger partial charge is 0.0729 e. The first-order valence-corrected chi connectivity index (χ1v) is 4.81. The first-order valence-electron chi connectivity index (χ1n) is 4.81. The molecule has 0 aromatic rings. The lowest BCUT2D eigenvalue weighted by Crippen LogP contribution is -2.03. The zero-order valence-corrected chi connectivity index (χ0v) is 8.54. The fourth-order valence-corrected chi connectivity index (χ4v) is 0.841. The van der Waals surface area contributed by atoms with E-state index in [2.05, 4.69) is 25.3 Å². The lowest BCUT2D eigenvalue weighted by Gasteiger charge is -2.03. The number of rotatable bonds is 8. The molecule has 0 aliphatic carbocycles. The maximum atomic E-state index is 5.37. The van der Waals surface area contributed by atoms with Crippen molar-refractivity contribution >= 4 is 0 Å². The number of unbranched alkanes of at least 4 members (excludes halogenated alkanes) is 2. The molecule has 1 heteroatoms. The van der Waals surface area contributed by atoms with Crippen LogP contribution < -0.4 is 0 Å². The van der Waals surface area contributed by atoms with Crippen LogP contribution in [0.25, 0.3) is 0 Å². The van der Waals surface area contributed by atoms with Gasteiger partial charge < -0.3 is 4.74 Å². The monoisotopic (exact) mass is 180 g/mol. The van der Waals surface area contributed by atoms with Crippen LogP contribution in [0.15, 0.2) is 37.5 Å². The highest BCUT2D eigenvalue weighted by atomic mass is 16.5. The molecule has 1 atom stereocenters. The molecule has 0 aromatic heterocycles. The molecule has 0 fully saturated rings. The molecule has 0 aromatic carbocycles. The van der Waals surface area contributed by atoms with E-state index in [-0.39, 0.29) is 6.10 Å². The van der Waals surface area contributed by atoms with Crippen LogP contribution in [0.1, 0.15) is 26.2 Å². The average Bonchev–Trinajstić information content (AvgIpc) is 2.16. The Bertz CT molecular complexity index is 159. The van der Waals surface area contributed by atoms with Gasteiger partial charge in [0.1, 0.15) is 0 Å². The van der Waals surface area contributed by atoms with Gasteiger partial charge in [-0.1, -0.05) is 24.3 Å². The molecule has 0 bridgehead atoms. The van der Waals surface area contributed by atoms with E-state index >= 15 is 0 Å². The zero-order valence-electron chi connectivity index (χ0n) is 8.54. The van der Waals surface area contributed by atoms with Gasteiger partial charge in [-0.2, -0.15) is 0 Å². The van der Waals surface area contributed by atoms with Crippen molar-refractivity contribution in [1.82, 2.24) is 0 Å². The Morgan fingerprint density at radius 2 is 2.00 bits per heavy atom. The molecule has 0 saturated heterocycles. The van der Waals surface area contributed by atoms with E-state index in [1.165, 1.54) is 6.42 Å². The Hall–Kier alpha value is -0.820. The highest BCUT2D eigenvalue weighted by molar-refractivity contribution is 4.84. The molecular formula is C12H20O. The molecule has 0 rings (SSSR count). The van der Waals surface area contributed by atoms with Gasteiger partial charge in [-0.3, -0.25) is 0 Å². The highest BCUT2D eigenvalue weighted by Gasteiger charge is 1.90. The van der Waals surface area contributed by atoms with Crippen LogP contribution in [0.2, 0.25) is 0 Å². The normalized spacial score (nSPS) is 13.0. The van der Waals surface area contributed by atoms with Gasteiger partial charge in [0.25, 0.3) is 0 Å². The van der Waals surface area contributed by atoms with Crippen molar-refractivity contribution in [3.05, 3.63) is 37.5 Å². The third-order valence-electron chi connectivity index (χ3n) is 1.73. The molecule has 0 amide bonds. The molecule has 0 radical (unpaired) electrons. The summed E-state index contributed by atoms with van der Waals surface area (Å²) < 4.78 is 5.37. The third kappa shape index (κ3) is 9.09. The fourth-order valence-electron chi connectivity index (χ4n) is 0.841. The number of ether oxygens (including phenoxy) is 1. The van der Waals surface area contributed by atoms with Gasteiger partial charge in [-0.05, 0) is 26.2 Å². The van der Waals surface area contributed by atoms with Crippen LogP contribution in [0.4, 0.5) is 0 Å². The van der Waals surface area contributed by atoms with Gasteiger partial charge in [-0.15, -0.1) is 13.2 Å². The summed E-state index contributed by atoms with van der Waals surface area (Å²) in [6, 6.07) is 0. The van der Waals surface area contributed by atoms with Crippen molar-refractivity contribution in [2.45, 2.75) is 32.3 Å². The standard InChI is InChI=1S/C12H20O/c1-4-6-7-8-9-10-11-13-12(3)5-2/h4-5,9-10,12H,1-2,6-8,11H2,3H3/b10-9+. The van der Waals surface area contributed by atoms with Gasteiger partial charge in [0.15, 0.2) is 0 Å².